The summed E-state index contributed by atoms with van der Waals surface area (Å²) in [6.45, 7) is 1.79. The molecule has 0 aliphatic carbocycles. The van der Waals surface area contributed by atoms with Gasteiger partial charge in [0.1, 0.15) is 15.6 Å². The van der Waals surface area contributed by atoms with Gasteiger partial charge >= 0.3 is 0 Å². The van der Waals surface area contributed by atoms with Gasteiger partial charge in [-0.05, 0) is 46.6 Å². The van der Waals surface area contributed by atoms with Crippen molar-refractivity contribution in [2.45, 2.75) is 11.8 Å². The van der Waals surface area contributed by atoms with Gasteiger partial charge in [-0.25, -0.2) is 18.4 Å². The van der Waals surface area contributed by atoms with Crippen LogP contribution in [0.1, 0.15) is 11.3 Å². The van der Waals surface area contributed by atoms with Crippen molar-refractivity contribution in [2.24, 2.45) is 0 Å². The Morgan fingerprint density at radius 2 is 2.15 bits per heavy atom. The minimum atomic E-state index is -3.88. The largest absolute Gasteiger partial charge is 0.278 e. The zero-order valence-corrected chi connectivity index (χ0v) is 12.7. The number of pyridine rings is 2. The van der Waals surface area contributed by atoms with Gasteiger partial charge in [-0.3, -0.25) is 4.72 Å². The van der Waals surface area contributed by atoms with Crippen LogP contribution in [0.5, 0.6) is 0 Å². The van der Waals surface area contributed by atoms with E-state index in [0.29, 0.717) is 10.3 Å². The summed E-state index contributed by atoms with van der Waals surface area (Å²) in [5, 5.41) is 8.91. The van der Waals surface area contributed by atoms with E-state index in [9.17, 15) is 8.42 Å². The first-order valence-electron chi connectivity index (χ1n) is 5.44. The lowest BCUT2D eigenvalue weighted by molar-refractivity contribution is 0.600. The average molecular weight is 353 g/mol. The van der Waals surface area contributed by atoms with Crippen LogP contribution in [0.25, 0.3) is 0 Å². The van der Waals surface area contributed by atoms with Gasteiger partial charge in [0.25, 0.3) is 10.0 Å². The van der Waals surface area contributed by atoms with Gasteiger partial charge in [0, 0.05) is 6.20 Å². The van der Waals surface area contributed by atoms with Crippen molar-refractivity contribution in [3.8, 4) is 6.07 Å². The maximum Gasteiger partial charge on any atom is 0.264 e. The molecule has 0 bridgehead atoms. The zero-order chi connectivity index (χ0) is 14.8. The summed E-state index contributed by atoms with van der Waals surface area (Å²) in [6.07, 6.45) is 2.75. The Morgan fingerprint density at radius 1 is 1.40 bits per heavy atom. The molecule has 20 heavy (non-hydrogen) atoms. The van der Waals surface area contributed by atoms with Crippen molar-refractivity contribution in [3.63, 3.8) is 0 Å². The number of nitrogens with zero attached hydrogens (tertiary/aromatic N) is 3. The molecule has 0 saturated heterocycles. The highest BCUT2D eigenvalue weighted by Crippen LogP contribution is 2.21. The Morgan fingerprint density at radius 3 is 2.80 bits per heavy atom. The average Bonchev–Trinajstić information content (AvgIpc) is 2.42. The van der Waals surface area contributed by atoms with Crippen molar-refractivity contribution < 1.29 is 8.42 Å². The molecule has 0 radical (unpaired) electrons. The lowest BCUT2D eigenvalue weighted by atomic mass is 10.3. The predicted octanol–water partition coefficient (Wildman–Crippen LogP) is 2.22. The van der Waals surface area contributed by atoms with Crippen LogP contribution in [0.2, 0.25) is 0 Å². The summed E-state index contributed by atoms with van der Waals surface area (Å²) in [5.41, 5.74) is 0.956. The summed E-state index contributed by atoms with van der Waals surface area (Å²) >= 11 is 3.24. The molecule has 2 heterocycles. The Bertz CT molecular complexity index is 799. The Kier molecular flexibility index (Phi) is 4.01. The first-order chi connectivity index (χ1) is 9.44. The Labute approximate surface area is 124 Å². The number of aryl methyl sites for hydroxylation is 1. The number of nitrogens with one attached hydrogen (secondary N) is 1. The Hall–Kier alpha value is -1.98. The number of hydrogen-bond acceptors (Lipinski definition) is 5. The third-order valence-corrected chi connectivity index (χ3v) is 4.68. The molecule has 0 aliphatic heterocycles. The predicted molar refractivity (Wildman–Crippen MR) is 76.4 cm³/mol. The first-order valence-corrected chi connectivity index (χ1v) is 7.72. The summed E-state index contributed by atoms with van der Waals surface area (Å²) in [4.78, 5) is 7.58. The van der Waals surface area contributed by atoms with Crippen molar-refractivity contribution in [3.05, 3.63) is 46.5 Å². The van der Waals surface area contributed by atoms with Gasteiger partial charge in [-0.2, -0.15) is 5.26 Å². The molecule has 102 valence electrons. The van der Waals surface area contributed by atoms with Gasteiger partial charge < -0.3 is 0 Å². The van der Waals surface area contributed by atoms with Crippen LogP contribution in [0.3, 0.4) is 0 Å². The molecule has 0 unspecified atom stereocenters. The van der Waals surface area contributed by atoms with Crippen LogP contribution in [0.4, 0.5) is 5.69 Å². The first kappa shape index (κ1) is 14.4. The number of rotatable bonds is 3. The summed E-state index contributed by atoms with van der Waals surface area (Å²) in [7, 11) is -3.88. The van der Waals surface area contributed by atoms with Gasteiger partial charge in [-0.1, -0.05) is 0 Å². The molecule has 0 atom stereocenters. The number of hydrogen-bond donors (Lipinski definition) is 1. The molecule has 2 aromatic rings. The van der Waals surface area contributed by atoms with Crippen LogP contribution in [0.15, 0.2) is 40.1 Å². The minimum Gasteiger partial charge on any atom is -0.278 e. The van der Waals surface area contributed by atoms with Gasteiger partial charge in [-0.15, -0.1) is 0 Å². The lowest BCUT2D eigenvalue weighted by Gasteiger charge is -2.09. The second kappa shape index (κ2) is 5.56. The van der Waals surface area contributed by atoms with E-state index in [1.807, 2.05) is 0 Å². The molecule has 2 rings (SSSR count). The van der Waals surface area contributed by atoms with E-state index in [2.05, 4.69) is 30.6 Å². The second-order valence-electron chi connectivity index (χ2n) is 3.90. The number of nitriles is 1. The number of halogens is 1. The summed E-state index contributed by atoms with van der Waals surface area (Å²) < 4.78 is 27.5. The van der Waals surface area contributed by atoms with Crippen molar-refractivity contribution in [2.75, 3.05) is 4.72 Å². The normalized spacial score (nSPS) is 10.8. The van der Waals surface area contributed by atoms with Crippen LogP contribution in [0, 0.1) is 18.3 Å². The highest BCUT2D eigenvalue weighted by atomic mass is 79.9. The fraction of sp³-hybridized carbons (Fsp3) is 0.0833. The molecule has 0 aliphatic rings. The number of anilines is 1. The van der Waals surface area contributed by atoms with Crippen molar-refractivity contribution in [1.82, 2.24) is 9.97 Å². The molecule has 0 spiro atoms. The molecule has 8 heteroatoms. The van der Waals surface area contributed by atoms with Gasteiger partial charge in [0.05, 0.1) is 11.9 Å². The molecule has 1 N–H and O–H groups in total. The molecule has 0 amide bonds. The fourth-order valence-electron chi connectivity index (χ4n) is 1.52. The van der Waals surface area contributed by atoms with Crippen LogP contribution < -0.4 is 4.72 Å². The van der Waals surface area contributed by atoms with Crippen LogP contribution in [-0.2, 0) is 10.0 Å². The molecule has 2 aromatic heterocycles. The molecular weight excluding hydrogens is 344 g/mol. The quantitative estimate of drug-likeness (QED) is 0.854. The van der Waals surface area contributed by atoms with Gasteiger partial charge in [0.2, 0.25) is 0 Å². The molecular formula is C12H9BrN4O2S. The highest BCUT2D eigenvalue weighted by Gasteiger charge is 2.19. The monoisotopic (exact) mass is 352 g/mol. The topological polar surface area (TPSA) is 95.7 Å². The maximum atomic E-state index is 12.2. The van der Waals surface area contributed by atoms with Gasteiger partial charge in [0.15, 0.2) is 5.69 Å². The minimum absolute atomic E-state index is 0.151. The molecule has 0 fully saturated rings. The summed E-state index contributed by atoms with van der Waals surface area (Å²) in [6, 6.07) is 6.18. The SMILES string of the molecule is Cc1cc(NS(=O)(=O)c2cccnc2C#N)cnc1Br. The third kappa shape index (κ3) is 2.95. The van der Waals surface area contributed by atoms with E-state index in [1.165, 1.54) is 24.5 Å². The third-order valence-electron chi connectivity index (χ3n) is 2.43. The van der Waals surface area contributed by atoms with Crippen LogP contribution in [-0.4, -0.2) is 18.4 Å². The van der Waals surface area contributed by atoms with E-state index >= 15 is 0 Å². The number of sulfonamides is 1. The second-order valence-corrected chi connectivity index (χ2v) is 6.30. The molecule has 0 saturated carbocycles. The molecule has 6 nitrogen and oxygen atoms in total. The maximum absolute atomic E-state index is 12.2. The summed E-state index contributed by atoms with van der Waals surface area (Å²) in [5.74, 6) is 0. The van der Waals surface area contributed by atoms with Crippen molar-refractivity contribution >= 4 is 31.6 Å². The van der Waals surface area contributed by atoms with Crippen molar-refractivity contribution in [1.29, 1.82) is 5.26 Å². The molecule has 0 aromatic carbocycles. The fourth-order valence-corrected chi connectivity index (χ4v) is 2.87. The number of aromatic nitrogens is 2. The van der Waals surface area contributed by atoms with E-state index in [4.69, 9.17) is 5.26 Å². The van der Waals surface area contributed by atoms with Crippen LogP contribution >= 0.6 is 15.9 Å². The standard InChI is InChI=1S/C12H9BrN4O2S/c1-8-5-9(7-16-12(8)13)17-20(18,19)11-3-2-4-15-10(11)6-14/h2-5,7,17H,1H3. The van der Waals surface area contributed by atoms with E-state index in [-0.39, 0.29) is 10.6 Å². The zero-order valence-electron chi connectivity index (χ0n) is 10.3. The van der Waals surface area contributed by atoms with E-state index < -0.39 is 10.0 Å². The van der Waals surface area contributed by atoms with E-state index in [0.717, 1.165) is 5.56 Å². The van der Waals surface area contributed by atoms with E-state index in [1.54, 1.807) is 19.1 Å². The smallest absolute Gasteiger partial charge is 0.264 e. The highest BCUT2D eigenvalue weighted by molar-refractivity contribution is 9.10. The Balaban J connectivity index is 2.41. The lowest BCUT2D eigenvalue weighted by Crippen LogP contribution is -2.15.